The number of hydrogen-bond donors (Lipinski definition) is 0. The van der Waals surface area contributed by atoms with Gasteiger partial charge in [-0.2, -0.15) is 0 Å². The van der Waals surface area contributed by atoms with E-state index >= 15 is 0 Å². The van der Waals surface area contributed by atoms with Gasteiger partial charge in [-0.3, -0.25) is 4.98 Å². The largest absolute Gasteiger partial charge is 0.256 e. The average Bonchev–Trinajstić information content (AvgIpc) is 2.83. The fraction of sp³-hybridized carbons (Fsp3) is 0.276. The summed E-state index contributed by atoms with van der Waals surface area (Å²) in [6, 6.07) is 28.7. The molecule has 1 nitrogen and oxygen atoms in total. The van der Waals surface area contributed by atoms with Crippen LogP contribution < -0.4 is 5.46 Å². The third-order valence-corrected chi connectivity index (χ3v) is 7.78. The molecule has 6 rings (SSSR count). The van der Waals surface area contributed by atoms with E-state index in [4.69, 9.17) is 4.98 Å². The monoisotopic (exact) mass is 401 g/mol. The van der Waals surface area contributed by atoms with Gasteiger partial charge in [0.15, 0.2) is 6.71 Å². The summed E-state index contributed by atoms with van der Waals surface area (Å²) >= 11 is 0. The van der Waals surface area contributed by atoms with Crippen LogP contribution in [0.5, 0.6) is 0 Å². The third kappa shape index (κ3) is 3.39. The minimum absolute atomic E-state index is 0.721. The molecule has 1 aromatic heterocycles. The van der Waals surface area contributed by atoms with Crippen molar-refractivity contribution >= 4 is 22.9 Å². The van der Waals surface area contributed by atoms with Gasteiger partial charge < -0.3 is 0 Å². The fourth-order valence-electron chi connectivity index (χ4n) is 6.39. The molecule has 4 aromatic rings. The van der Waals surface area contributed by atoms with E-state index in [0.29, 0.717) is 0 Å². The summed E-state index contributed by atoms with van der Waals surface area (Å²) in [5.41, 5.74) is 6.45. The Kier molecular flexibility index (Phi) is 4.87. The molecule has 0 radical (unpaired) electrons. The number of pyridine rings is 1. The highest BCUT2D eigenvalue weighted by molar-refractivity contribution is 6.77. The van der Waals surface area contributed by atoms with Gasteiger partial charge >= 0.3 is 0 Å². The van der Waals surface area contributed by atoms with Crippen LogP contribution in [0.1, 0.15) is 38.5 Å². The number of fused-ring (bicyclic) bond motifs is 3. The Morgan fingerprint density at radius 3 is 2.10 bits per heavy atom. The topological polar surface area (TPSA) is 12.9 Å². The molecule has 0 amide bonds. The first-order chi connectivity index (χ1) is 15.4. The lowest BCUT2D eigenvalue weighted by atomic mass is 9.24. The number of benzene rings is 3. The zero-order valence-corrected chi connectivity index (χ0v) is 18.0. The number of rotatable bonds is 3. The van der Waals surface area contributed by atoms with Crippen LogP contribution in [0.4, 0.5) is 0 Å². The number of aromatic nitrogens is 1. The Bertz CT molecular complexity index is 1190. The molecule has 0 saturated carbocycles. The molecule has 31 heavy (non-hydrogen) atoms. The van der Waals surface area contributed by atoms with Crippen LogP contribution in [0.25, 0.3) is 33.2 Å². The fourth-order valence-corrected chi connectivity index (χ4v) is 6.39. The Hall–Kier alpha value is -2.87. The Balaban J connectivity index is 1.39. The smallest absolute Gasteiger partial charge is 0.183 e. The van der Waals surface area contributed by atoms with Crippen molar-refractivity contribution in [2.24, 2.45) is 0 Å². The van der Waals surface area contributed by atoms with Gasteiger partial charge in [0.25, 0.3) is 0 Å². The molecule has 2 aliphatic rings. The van der Waals surface area contributed by atoms with Gasteiger partial charge in [0, 0.05) is 11.8 Å². The first-order valence-electron chi connectivity index (χ1n) is 11.9. The van der Waals surface area contributed by atoms with E-state index in [0.717, 1.165) is 24.0 Å². The summed E-state index contributed by atoms with van der Waals surface area (Å²) in [6.45, 7) is 0.721. The van der Waals surface area contributed by atoms with Gasteiger partial charge in [0.1, 0.15) is 0 Å². The quantitative estimate of drug-likeness (QED) is 0.326. The minimum Gasteiger partial charge on any atom is -0.256 e. The van der Waals surface area contributed by atoms with Crippen molar-refractivity contribution in [3.8, 4) is 22.4 Å². The average molecular weight is 401 g/mol. The van der Waals surface area contributed by atoms with Gasteiger partial charge in [-0.05, 0) is 28.0 Å². The van der Waals surface area contributed by atoms with E-state index in [-0.39, 0.29) is 0 Å². The maximum absolute atomic E-state index is 4.98. The van der Waals surface area contributed by atoms with Crippen molar-refractivity contribution in [3.05, 3.63) is 85.1 Å². The first-order valence-corrected chi connectivity index (χ1v) is 11.9. The third-order valence-electron chi connectivity index (χ3n) is 7.78. The standard InChI is InChI=1S/C29H28BN/c1-2-14-25-21(8-1)9-5-16-26(25)22-18-19-29(31-20-22)27-15-3-4-17-28(27)30-23-10-6-11-24(30)13-7-12-23/h1-5,8-9,14-20,23-24H,6-7,10-13H2. The van der Waals surface area contributed by atoms with E-state index in [1.807, 2.05) is 0 Å². The molecule has 2 bridgehead atoms. The van der Waals surface area contributed by atoms with Crippen LogP contribution in [-0.4, -0.2) is 11.7 Å². The highest BCUT2D eigenvalue weighted by Crippen LogP contribution is 2.46. The molecule has 0 atom stereocenters. The van der Waals surface area contributed by atoms with E-state index < -0.39 is 0 Å². The predicted octanol–water partition coefficient (Wildman–Crippen LogP) is 7.38. The van der Waals surface area contributed by atoms with Crippen molar-refractivity contribution in [1.82, 2.24) is 4.98 Å². The molecule has 2 heteroatoms. The van der Waals surface area contributed by atoms with Crippen LogP contribution in [0.2, 0.25) is 11.6 Å². The van der Waals surface area contributed by atoms with E-state index in [2.05, 4.69) is 85.1 Å². The number of hydrogen-bond acceptors (Lipinski definition) is 1. The van der Waals surface area contributed by atoms with Crippen molar-refractivity contribution in [3.63, 3.8) is 0 Å². The van der Waals surface area contributed by atoms with Gasteiger partial charge in [-0.25, -0.2) is 0 Å². The molecule has 2 aliphatic heterocycles. The SMILES string of the molecule is c1ccc(-c2ccc(-c3cccc4ccccc34)cn2)c(B2C3CCCC2CCC3)c1. The van der Waals surface area contributed by atoms with Crippen molar-refractivity contribution in [2.75, 3.05) is 0 Å². The minimum atomic E-state index is 0.721. The number of nitrogens with zero attached hydrogens (tertiary/aromatic N) is 1. The van der Waals surface area contributed by atoms with E-state index in [1.54, 1.807) is 5.46 Å². The highest BCUT2D eigenvalue weighted by Gasteiger charge is 2.41. The molecule has 3 heterocycles. The second-order valence-electron chi connectivity index (χ2n) is 9.45. The van der Waals surface area contributed by atoms with Crippen molar-refractivity contribution in [1.29, 1.82) is 0 Å². The predicted molar refractivity (Wildman–Crippen MR) is 133 cm³/mol. The molecule has 2 saturated heterocycles. The maximum atomic E-state index is 4.98. The maximum Gasteiger partial charge on any atom is 0.183 e. The summed E-state index contributed by atoms with van der Waals surface area (Å²) in [6.07, 6.45) is 10.5. The molecule has 0 unspecified atom stereocenters. The Morgan fingerprint density at radius 2 is 1.32 bits per heavy atom. The lowest BCUT2D eigenvalue weighted by Gasteiger charge is -2.41. The van der Waals surface area contributed by atoms with Gasteiger partial charge in [-0.1, -0.05) is 128 Å². The lowest BCUT2D eigenvalue weighted by Crippen LogP contribution is -2.45. The van der Waals surface area contributed by atoms with Crippen LogP contribution >= 0.6 is 0 Å². The van der Waals surface area contributed by atoms with Crippen molar-refractivity contribution in [2.45, 2.75) is 50.2 Å². The molecule has 152 valence electrons. The van der Waals surface area contributed by atoms with Gasteiger partial charge in [0.2, 0.25) is 0 Å². The molecular weight excluding hydrogens is 373 g/mol. The summed E-state index contributed by atoms with van der Waals surface area (Å²) in [7, 11) is 0. The molecular formula is C29H28BN. The van der Waals surface area contributed by atoms with E-state index in [9.17, 15) is 0 Å². The molecule has 0 N–H and O–H groups in total. The second-order valence-corrected chi connectivity index (χ2v) is 9.45. The summed E-state index contributed by atoms with van der Waals surface area (Å²) in [5.74, 6) is 1.73. The van der Waals surface area contributed by atoms with Crippen LogP contribution in [0, 0.1) is 0 Å². The lowest BCUT2D eigenvalue weighted by molar-refractivity contribution is 0.448. The van der Waals surface area contributed by atoms with Crippen LogP contribution in [-0.2, 0) is 0 Å². The normalized spacial score (nSPS) is 20.7. The van der Waals surface area contributed by atoms with Gasteiger partial charge in [-0.15, -0.1) is 0 Å². The molecule has 0 spiro atoms. The second kappa shape index (κ2) is 8.00. The zero-order chi connectivity index (χ0) is 20.6. The van der Waals surface area contributed by atoms with Gasteiger partial charge in [0.05, 0.1) is 5.69 Å². The Labute approximate surface area is 185 Å². The van der Waals surface area contributed by atoms with Crippen LogP contribution in [0.3, 0.4) is 0 Å². The molecule has 2 fully saturated rings. The first kappa shape index (κ1) is 18.9. The zero-order valence-electron chi connectivity index (χ0n) is 18.0. The summed E-state index contributed by atoms with van der Waals surface area (Å²) < 4.78 is 0. The van der Waals surface area contributed by atoms with E-state index in [1.165, 1.54) is 66.0 Å². The molecule has 0 aliphatic carbocycles. The molecule has 3 aromatic carbocycles. The summed E-state index contributed by atoms with van der Waals surface area (Å²) in [4.78, 5) is 4.98. The van der Waals surface area contributed by atoms with Crippen molar-refractivity contribution < 1.29 is 0 Å². The summed E-state index contributed by atoms with van der Waals surface area (Å²) in [5, 5.41) is 2.56. The van der Waals surface area contributed by atoms with Crippen LogP contribution in [0.15, 0.2) is 85.1 Å². The Morgan fingerprint density at radius 1 is 0.645 bits per heavy atom. The highest BCUT2D eigenvalue weighted by atomic mass is 14.7.